The molecule has 5 heteroatoms. The van der Waals surface area contributed by atoms with E-state index in [2.05, 4.69) is 0 Å². The molecule has 1 N–H and O–H groups in total. The van der Waals surface area contributed by atoms with Crippen LogP contribution in [0.3, 0.4) is 0 Å². The van der Waals surface area contributed by atoms with Gasteiger partial charge in [0.1, 0.15) is 17.7 Å². The van der Waals surface area contributed by atoms with Crippen molar-refractivity contribution in [2.24, 2.45) is 0 Å². The number of carbonyl (C=O) groups excluding carboxylic acids is 1. The van der Waals surface area contributed by atoms with Crippen molar-refractivity contribution in [2.45, 2.75) is 44.9 Å². The molecule has 0 radical (unpaired) electrons. The van der Waals surface area contributed by atoms with Crippen LogP contribution < -0.4 is 0 Å². The minimum Gasteiger partial charge on any atom is -0.459 e. The van der Waals surface area contributed by atoms with Crippen molar-refractivity contribution in [3.05, 3.63) is 0 Å². The summed E-state index contributed by atoms with van der Waals surface area (Å²) < 4.78 is 5.24. The Morgan fingerprint density at radius 3 is 2.60 bits per heavy atom. The van der Waals surface area contributed by atoms with Crippen LogP contribution in [0.1, 0.15) is 27.2 Å². The van der Waals surface area contributed by atoms with Gasteiger partial charge in [-0.25, -0.2) is 0 Å². The van der Waals surface area contributed by atoms with Crippen LogP contribution >= 0.6 is 0 Å². The van der Waals surface area contributed by atoms with Crippen LogP contribution in [0.4, 0.5) is 0 Å². The number of carbonyl (C=O) groups is 1. The molecule has 5 nitrogen and oxygen atoms in total. The summed E-state index contributed by atoms with van der Waals surface area (Å²) in [6.07, 6.45) is 0.176. The molecule has 0 aromatic carbocycles. The lowest BCUT2D eigenvalue weighted by molar-refractivity contribution is -0.182. The zero-order valence-corrected chi connectivity index (χ0v) is 9.69. The minimum absolute atomic E-state index is 0.0797. The lowest BCUT2D eigenvalue weighted by atomic mass is 10.1. The first-order valence-corrected chi connectivity index (χ1v) is 5.07. The third kappa shape index (κ3) is 3.44. The van der Waals surface area contributed by atoms with Crippen LogP contribution in [0.5, 0.6) is 0 Å². The molecule has 0 aromatic heterocycles. The van der Waals surface area contributed by atoms with E-state index in [1.807, 2.05) is 20.8 Å². The third-order valence-electron chi connectivity index (χ3n) is 2.12. The van der Waals surface area contributed by atoms with E-state index in [1.54, 1.807) is 7.05 Å². The first-order chi connectivity index (χ1) is 6.83. The van der Waals surface area contributed by atoms with E-state index in [9.17, 15) is 4.79 Å². The molecule has 1 aliphatic heterocycles. The molecule has 1 aliphatic rings. The molecular weight excluding hydrogens is 198 g/mol. The fraction of sp³-hybridized carbons (Fsp3) is 0.900. The number of hydrogen-bond acceptors (Lipinski definition) is 5. The quantitative estimate of drug-likeness (QED) is 0.675. The maximum absolute atomic E-state index is 11.7. The topological polar surface area (TPSA) is 59.0 Å². The minimum atomic E-state index is -0.491. The van der Waals surface area contributed by atoms with Crippen molar-refractivity contribution < 1.29 is 19.5 Å². The van der Waals surface area contributed by atoms with E-state index in [-0.39, 0.29) is 18.7 Å². The van der Waals surface area contributed by atoms with Gasteiger partial charge >= 0.3 is 5.97 Å². The molecule has 0 amide bonds. The fourth-order valence-corrected chi connectivity index (χ4v) is 1.47. The van der Waals surface area contributed by atoms with Crippen LogP contribution in [-0.4, -0.2) is 47.5 Å². The van der Waals surface area contributed by atoms with E-state index in [1.165, 1.54) is 5.06 Å². The van der Waals surface area contributed by atoms with Gasteiger partial charge in [0.15, 0.2) is 0 Å². The van der Waals surface area contributed by atoms with E-state index in [4.69, 9.17) is 14.7 Å². The second-order valence-electron chi connectivity index (χ2n) is 4.74. The Balaban J connectivity index is 2.54. The average molecular weight is 217 g/mol. The zero-order valence-electron chi connectivity index (χ0n) is 9.69. The van der Waals surface area contributed by atoms with Crippen molar-refractivity contribution in [3.63, 3.8) is 0 Å². The van der Waals surface area contributed by atoms with E-state index < -0.39 is 11.6 Å². The van der Waals surface area contributed by atoms with Gasteiger partial charge in [0.25, 0.3) is 0 Å². The van der Waals surface area contributed by atoms with Crippen molar-refractivity contribution >= 4 is 5.97 Å². The fourth-order valence-electron chi connectivity index (χ4n) is 1.47. The lowest BCUT2D eigenvalue weighted by Crippen LogP contribution is -2.37. The molecule has 0 bridgehead atoms. The molecule has 15 heavy (non-hydrogen) atoms. The lowest BCUT2D eigenvalue weighted by Gasteiger charge is -2.23. The molecule has 0 aromatic rings. The predicted octanol–water partition coefficient (Wildman–Crippen LogP) is 0.325. The maximum Gasteiger partial charge on any atom is 0.326 e. The van der Waals surface area contributed by atoms with Gasteiger partial charge in [-0.05, 0) is 20.8 Å². The Morgan fingerprint density at radius 1 is 1.60 bits per heavy atom. The first kappa shape index (κ1) is 12.4. The SMILES string of the molecule is CN1O[C@H](CO)C[C@H]1C(=O)OC(C)(C)C. The molecule has 1 saturated heterocycles. The van der Waals surface area contributed by atoms with Gasteiger partial charge < -0.3 is 9.84 Å². The van der Waals surface area contributed by atoms with E-state index >= 15 is 0 Å². The number of likely N-dealkylation sites (N-methyl/N-ethyl adjacent to an activating group) is 1. The maximum atomic E-state index is 11.7. The Kier molecular flexibility index (Phi) is 3.70. The van der Waals surface area contributed by atoms with Crippen LogP contribution in [0.2, 0.25) is 0 Å². The molecule has 0 spiro atoms. The Hall–Kier alpha value is -0.650. The molecule has 1 rings (SSSR count). The number of ether oxygens (including phenoxy) is 1. The summed E-state index contributed by atoms with van der Waals surface area (Å²) in [4.78, 5) is 16.9. The van der Waals surface area contributed by atoms with Gasteiger partial charge in [-0.1, -0.05) is 0 Å². The van der Waals surface area contributed by atoms with Gasteiger partial charge in [-0.3, -0.25) is 9.63 Å². The number of aliphatic hydroxyl groups excluding tert-OH is 1. The molecule has 0 unspecified atom stereocenters. The summed E-state index contributed by atoms with van der Waals surface area (Å²) in [6, 6.07) is -0.415. The van der Waals surface area contributed by atoms with Gasteiger partial charge in [-0.2, -0.15) is 5.06 Å². The average Bonchev–Trinajstić information content (AvgIpc) is 2.43. The van der Waals surface area contributed by atoms with Crippen LogP contribution in [0, 0.1) is 0 Å². The van der Waals surface area contributed by atoms with E-state index in [0.29, 0.717) is 6.42 Å². The number of aliphatic hydroxyl groups is 1. The van der Waals surface area contributed by atoms with Crippen molar-refractivity contribution in [3.8, 4) is 0 Å². The van der Waals surface area contributed by atoms with E-state index in [0.717, 1.165) is 0 Å². The zero-order chi connectivity index (χ0) is 11.6. The van der Waals surface area contributed by atoms with Crippen molar-refractivity contribution in [1.29, 1.82) is 0 Å². The number of hydroxylamine groups is 2. The smallest absolute Gasteiger partial charge is 0.326 e. The Labute approximate surface area is 89.9 Å². The van der Waals surface area contributed by atoms with Gasteiger partial charge in [0.2, 0.25) is 0 Å². The Morgan fingerprint density at radius 2 is 2.20 bits per heavy atom. The summed E-state index contributed by atoms with van der Waals surface area (Å²) in [5.41, 5.74) is -0.491. The predicted molar refractivity (Wildman–Crippen MR) is 54.0 cm³/mol. The van der Waals surface area contributed by atoms with Crippen LogP contribution in [0.25, 0.3) is 0 Å². The molecule has 1 heterocycles. The molecule has 88 valence electrons. The monoisotopic (exact) mass is 217 g/mol. The number of hydrogen-bond donors (Lipinski definition) is 1. The van der Waals surface area contributed by atoms with Gasteiger partial charge in [0, 0.05) is 13.5 Å². The highest BCUT2D eigenvalue weighted by Gasteiger charge is 2.38. The molecular formula is C10H19NO4. The number of rotatable bonds is 2. The highest BCUT2D eigenvalue weighted by atomic mass is 16.7. The summed E-state index contributed by atoms with van der Waals surface area (Å²) in [7, 11) is 1.67. The summed E-state index contributed by atoms with van der Waals surface area (Å²) in [5, 5.41) is 10.4. The van der Waals surface area contributed by atoms with Gasteiger partial charge in [0.05, 0.1) is 6.61 Å². The summed E-state index contributed by atoms with van der Waals surface area (Å²) in [5.74, 6) is -0.305. The normalized spacial score (nSPS) is 28.1. The van der Waals surface area contributed by atoms with Crippen molar-refractivity contribution in [1.82, 2.24) is 5.06 Å². The second kappa shape index (κ2) is 4.47. The molecule has 0 aliphatic carbocycles. The molecule has 2 atom stereocenters. The third-order valence-corrected chi connectivity index (χ3v) is 2.12. The summed E-state index contributed by atoms with van der Waals surface area (Å²) >= 11 is 0. The van der Waals surface area contributed by atoms with Crippen LogP contribution in [-0.2, 0) is 14.4 Å². The number of nitrogens with zero attached hydrogens (tertiary/aromatic N) is 1. The van der Waals surface area contributed by atoms with Crippen molar-refractivity contribution in [2.75, 3.05) is 13.7 Å². The van der Waals surface area contributed by atoms with Gasteiger partial charge in [-0.15, -0.1) is 0 Å². The number of esters is 1. The summed E-state index contributed by atoms with van der Waals surface area (Å²) in [6.45, 7) is 5.39. The second-order valence-corrected chi connectivity index (χ2v) is 4.74. The first-order valence-electron chi connectivity index (χ1n) is 5.07. The van der Waals surface area contributed by atoms with Crippen LogP contribution in [0.15, 0.2) is 0 Å². The largest absolute Gasteiger partial charge is 0.459 e. The highest BCUT2D eigenvalue weighted by Crippen LogP contribution is 2.21. The highest BCUT2D eigenvalue weighted by molar-refractivity contribution is 5.76. The Bertz CT molecular complexity index is 236. The molecule has 1 fully saturated rings. The standard InChI is InChI=1S/C10H19NO4/c1-10(2,3)14-9(13)8-5-7(6-12)15-11(8)4/h7-8,12H,5-6H2,1-4H3/t7-,8-/m0/s1. The molecule has 0 saturated carbocycles.